The van der Waals surface area contributed by atoms with Crippen LogP contribution in [0.1, 0.15) is 27.6 Å². The van der Waals surface area contributed by atoms with Crippen LogP contribution in [-0.4, -0.2) is 53.3 Å². The lowest BCUT2D eigenvalue weighted by molar-refractivity contribution is -0.139. The molecule has 4 nitrogen and oxygen atoms in total. The molecule has 1 unspecified atom stereocenters. The summed E-state index contributed by atoms with van der Waals surface area (Å²) in [7, 11) is 0. The summed E-state index contributed by atoms with van der Waals surface area (Å²) in [5.41, 5.74) is 3.59. The third kappa shape index (κ3) is 4.62. The van der Waals surface area contributed by atoms with Crippen LogP contribution >= 0.6 is 22.9 Å². The summed E-state index contributed by atoms with van der Waals surface area (Å²) in [6.45, 7) is 5.91. The fourth-order valence-corrected chi connectivity index (χ4v) is 5.94. The molecule has 1 saturated heterocycles. The summed E-state index contributed by atoms with van der Waals surface area (Å²) in [6, 6.07) is 20.2. The van der Waals surface area contributed by atoms with Crippen molar-refractivity contribution in [1.82, 2.24) is 14.7 Å². The van der Waals surface area contributed by atoms with Gasteiger partial charge in [0, 0.05) is 55.7 Å². The topological polar surface area (TPSA) is 26.8 Å². The molecule has 1 aromatic heterocycles. The first-order chi connectivity index (χ1) is 15.7. The van der Waals surface area contributed by atoms with Crippen molar-refractivity contribution < 1.29 is 4.79 Å². The van der Waals surface area contributed by atoms with Crippen LogP contribution in [-0.2, 0) is 24.3 Å². The van der Waals surface area contributed by atoms with Gasteiger partial charge < -0.3 is 4.90 Å². The normalized spacial score (nSPS) is 18.3. The number of hydrogen-bond donors (Lipinski definition) is 0. The van der Waals surface area contributed by atoms with Crippen molar-refractivity contribution in [2.24, 2.45) is 0 Å². The van der Waals surface area contributed by atoms with Gasteiger partial charge in [0.2, 0.25) is 5.91 Å². The molecule has 3 aromatic rings. The molecule has 0 bridgehead atoms. The molecule has 2 aliphatic heterocycles. The molecule has 0 radical (unpaired) electrons. The molecule has 0 spiro atoms. The van der Waals surface area contributed by atoms with Crippen molar-refractivity contribution in [1.29, 1.82) is 0 Å². The Kier molecular flexibility index (Phi) is 6.60. The van der Waals surface area contributed by atoms with Crippen LogP contribution in [0.15, 0.2) is 66.0 Å². The zero-order valence-electron chi connectivity index (χ0n) is 18.1. The van der Waals surface area contributed by atoms with Gasteiger partial charge in [-0.15, -0.1) is 11.3 Å². The van der Waals surface area contributed by atoms with Gasteiger partial charge in [-0.3, -0.25) is 14.6 Å². The van der Waals surface area contributed by atoms with Gasteiger partial charge in [0.1, 0.15) is 6.04 Å². The molecule has 0 N–H and O–H groups in total. The summed E-state index contributed by atoms with van der Waals surface area (Å²) in [4.78, 5) is 22.1. The quantitative estimate of drug-likeness (QED) is 0.539. The minimum Gasteiger partial charge on any atom is -0.338 e. The molecule has 2 aromatic carbocycles. The average molecular weight is 466 g/mol. The smallest absolute Gasteiger partial charge is 0.244 e. The molecule has 1 fully saturated rings. The van der Waals surface area contributed by atoms with Crippen molar-refractivity contribution >= 4 is 28.8 Å². The highest BCUT2D eigenvalue weighted by molar-refractivity contribution is 7.10. The maximum absolute atomic E-state index is 13.9. The van der Waals surface area contributed by atoms with Crippen LogP contribution in [0.2, 0.25) is 5.02 Å². The van der Waals surface area contributed by atoms with E-state index in [-0.39, 0.29) is 11.9 Å². The molecule has 1 atom stereocenters. The number of amides is 1. The summed E-state index contributed by atoms with van der Waals surface area (Å²) < 4.78 is 0. The Hall–Kier alpha value is -2.18. The van der Waals surface area contributed by atoms with Crippen LogP contribution in [0.25, 0.3) is 0 Å². The number of nitrogens with zero attached hydrogens (tertiary/aromatic N) is 3. The van der Waals surface area contributed by atoms with Crippen molar-refractivity contribution in [2.45, 2.75) is 25.6 Å². The zero-order chi connectivity index (χ0) is 21.9. The SMILES string of the molecule is O=C(C(c1ccccc1Cl)N1CCc2sccc2C1)N1CCN(Cc2ccccc2)CC1. The maximum Gasteiger partial charge on any atom is 0.244 e. The fourth-order valence-electron chi connectivity index (χ4n) is 4.81. The van der Waals surface area contributed by atoms with Crippen molar-refractivity contribution in [3.8, 4) is 0 Å². The third-order valence-corrected chi connectivity index (χ3v) is 7.94. The zero-order valence-corrected chi connectivity index (χ0v) is 19.7. The Bertz CT molecular complexity index is 1060. The van der Waals surface area contributed by atoms with Crippen LogP contribution in [0, 0.1) is 0 Å². The minimum absolute atomic E-state index is 0.177. The van der Waals surface area contributed by atoms with Crippen molar-refractivity contribution in [2.75, 3.05) is 32.7 Å². The van der Waals surface area contributed by atoms with Crippen LogP contribution in [0.5, 0.6) is 0 Å². The third-order valence-electron chi connectivity index (χ3n) is 6.57. The second-order valence-corrected chi connectivity index (χ2v) is 10.0. The predicted molar refractivity (Wildman–Crippen MR) is 131 cm³/mol. The molecule has 5 rings (SSSR count). The molecule has 32 heavy (non-hydrogen) atoms. The van der Waals surface area contributed by atoms with Crippen molar-refractivity contribution in [3.05, 3.63) is 92.6 Å². The summed E-state index contributed by atoms with van der Waals surface area (Å²) >= 11 is 8.43. The molecule has 3 heterocycles. The first kappa shape index (κ1) is 21.7. The van der Waals surface area contributed by atoms with Crippen LogP contribution in [0.4, 0.5) is 0 Å². The van der Waals surface area contributed by atoms with Gasteiger partial charge in [-0.2, -0.15) is 0 Å². The number of hydrogen-bond acceptors (Lipinski definition) is 4. The van der Waals surface area contributed by atoms with Gasteiger partial charge in [-0.25, -0.2) is 0 Å². The maximum atomic E-state index is 13.9. The Morgan fingerprint density at radius 3 is 2.47 bits per heavy atom. The van der Waals surface area contributed by atoms with Crippen LogP contribution in [0.3, 0.4) is 0 Å². The van der Waals surface area contributed by atoms with Gasteiger partial charge in [0.05, 0.1) is 0 Å². The summed E-state index contributed by atoms with van der Waals surface area (Å²) in [5.74, 6) is 0.177. The average Bonchev–Trinajstić information content (AvgIpc) is 3.30. The second kappa shape index (κ2) is 9.75. The lowest BCUT2D eigenvalue weighted by Gasteiger charge is -2.40. The van der Waals surface area contributed by atoms with E-state index in [4.69, 9.17) is 11.6 Å². The molecular formula is C26H28ClN3OS. The Morgan fingerprint density at radius 2 is 1.69 bits per heavy atom. The van der Waals surface area contributed by atoms with Crippen LogP contribution < -0.4 is 0 Å². The predicted octanol–water partition coefficient (Wildman–Crippen LogP) is 4.85. The molecule has 166 valence electrons. The Morgan fingerprint density at radius 1 is 0.938 bits per heavy atom. The van der Waals surface area contributed by atoms with E-state index in [0.717, 1.165) is 57.8 Å². The minimum atomic E-state index is -0.336. The number of carbonyl (C=O) groups excluding carboxylic acids is 1. The summed E-state index contributed by atoms with van der Waals surface area (Å²) in [6.07, 6.45) is 0.992. The molecule has 0 aliphatic carbocycles. The number of piperazine rings is 1. The number of halogens is 1. The van der Waals surface area contributed by atoms with E-state index in [9.17, 15) is 4.79 Å². The lowest BCUT2D eigenvalue weighted by atomic mass is 9.99. The van der Waals surface area contributed by atoms with E-state index in [1.807, 2.05) is 40.5 Å². The number of rotatable bonds is 5. The largest absolute Gasteiger partial charge is 0.338 e. The number of thiophene rings is 1. The van der Waals surface area contributed by atoms with E-state index >= 15 is 0 Å². The Balaban J connectivity index is 1.32. The number of benzene rings is 2. The van der Waals surface area contributed by atoms with Gasteiger partial charge in [-0.1, -0.05) is 60.1 Å². The first-order valence-corrected chi connectivity index (χ1v) is 12.5. The monoisotopic (exact) mass is 465 g/mol. The lowest BCUT2D eigenvalue weighted by Crippen LogP contribution is -2.52. The van der Waals surface area contributed by atoms with Gasteiger partial charge in [0.25, 0.3) is 0 Å². The van der Waals surface area contributed by atoms with Gasteiger partial charge in [0.15, 0.2) is 0 Å². The molecular weight excluding hydrogens is 438 g/mol. The van der Waals surface area contributed by atoms with E-state index in [1.165, 1.54) is 16.0 Å². The highest BCUT2D eigenvalue weighted by Crippen LogP contribution is 2.34. The molecule has 0 saturated carbocycles. The standard InChI is InChI=1S/C26H28ClN3OS/c27-23-9-5-4-8-22(23)25(30-12-10-24-21(19-30)11-17-32-24)26(31)29-15-13-28(14-16-29)18-20-6-2-1-3-7-20/h1-9,11,17,25H,10,12-16,18-19H2. The highest BCUT2D eigenvalue weighted by atomic mass is 35.5. The fraction of sp³-hybridized carbons (Fsp3) is 0.346. The highest BCUT2D eigenvalue weighted by Gasteiger charge is 2.35. The van der Waals surface area contributed by atoms with E-state index < -0.39 is 0 Å². The summed E-state index contributed by atoms with van der Waals surface area (Å²) in [5, 5.41) is 2.83. The molecule has 6 heteroatoms. The van der Waals surface area contributed by atoms with E-state index in [1.54, 1.807) is 0 Å². The second-order valence-electron chi connectivity index (χ2n) is 8.60. The number of fused-ring (bicyclic) bond motifs is 1. The molecule has 2 aliphatic rings. The van der Waals surface area contributed by atoms with Gasteiger partial charge >= 0.3 is 0 Å². The molecule has 1 amide bonds. The van der Waals surface area contributed by atoms with Crippen molar-refractivity contribution in [3.63, 3.8) is 0 Å². The van der Waals surface area contributed by atoms with Gasteiger partial charge in [-0.05, 0) is 40.6 Å². The van der Waals surface area contributed by atoms with E-state index in [2.05, 4.69) is 51.6 Å². The Labute approximate surface area is 199 Å². The van der Waals surface area contributed by atoms with E-state index in [0.29, 0.717) is 5.02 Å². The number of carbonyl (C=O) groups is 1. The first-order valence-electron chi connectivity index (χ1n) is 11.3.